The molecule has 2 aliphatic heterocycles. The number of fused-ring (bicyclic) bond motifs is 5. The first-order valence-electron chi connectivity index (χ1n) is 9.77. The highest BCUT2D eigenvalue weighted by Crippen LogP contribution is 2.43. The van der Waals surface area contributed by atoms with Crippen molar-refractivity contribution in [2.24, 2.45) is 11.7 Å². The molecule has 2 atom stereocenters. The molecule has 2 fully saturated rings. The van der Waals surface area contributed by atoms with Crippen molar-refractivity contribution >= 4 is 28.6 Å². The smallest absolute Gasteiger partial charge is 0.341 e. The number of anilines is 1. The second-order valence-electron chi connectivity index (χ2n) is 8.11. The zero-order valence-electron chi connectivity index (χ0n) is 15.4. The van der Waals surface area contributed by atoms with Crippen LogP contribution in [0.2, 0.25) is 0 Å². The Balaban J connectivity index is 1.84. The van der Waals surface area contributed by atoms with Gasteiger partial charge in [-0.3, -0.25) is 4.79 Å². The van der Waals surface area contributed by atoms with Gasteiger partial charge in [0.25, 0.3) is 0 Å². The lowest BCUT2D eigenvalue weighted by Gasteiger charge is -2.28. The number of carbonyl (C=O) groups is 1. The van der Waals surface area contributed by atoms with E-state index in [9.17, 15) is 14.7 Å². The van der Waals surface area contributed by atoms with Crippen molar-refractivity contribution in [2.45, 2.75) is 37.8 Å². The molecule has 7 heteroatoms. The van der Waals surface area contributed by atoms with Crippen LogP contribution in [0.4, 0.5) is 10.1 Å². The number of aromatic carboxylic acids is 1. The molecule has 146 valence electrons. The number of halogens is 1. The van der Waals surface area contributed by atoms with Gasteiger partial charge in [0.15, 0.2) is 0 Å². The van der Waals surface area contributed by atoms with E-state index in [1.165, 1.54) is 12.3 Å². The molecule has 3 aliphatic rings. The van der Waals surface area contributed by atoms with Gasteiger partial charge in [0.1, 0.15) is 11.4 Å². The van der Waals surface area contributed by atoms with Crippen LogP contribution in [0.15, 0.2) is 23.1 Å². The van der Waals surface area contributed by atoms with Gasteiger partial charge in [0.05, 0.1) is 16.6 Å². The number of carboxylic acids is 1. The molecule has 0 amide bonds. The molecule has 0 spiro atoms. The standard InChI is InChI=1S/C21H22FN3O3/c22-17-7-15-18(25(12-4-5-12)10-16(20(15)26)21(27)28)14-3-1-2-13-6-11(8-23)9-24(13)19(14)17/h1,3,7,10-13H,2,4-6,8-9,23H2,(H,27,28)/t11-,13?/m0/s1. The molecule has 3 N–H and O–H groups in total. The fourth-order valence-electron chi connectivity index (χ4n) is 4.78. The average Bonchev–Trinajstić information content (AvgIpc) is 3.45. The molecule has 1 aliphatic carbocycles. The zero-order chi connectivity index (χ0) is 19.6. The topological polar surface area (TPSA) is 88.6 Å². The van der Waals surface area contributed by atoms with Crippen molar-refractivity contribution in [1.29, 1.82) is 0 Å². The van der Waals surface area contributed by atoms with Gasteiger partial charge in [-0.2, -0.15) is 0 Å². The van der Waals surface area contributed by atoms with E-state index in [-0.39, 0.29) is 23.0 Å². The minimum atomic E-state index is -1.28. The third-order valence-corrected chi connectivity index (χ3v) is 6.26. The van der Waals surface area contributed by atoms with E-state index in [0.29, 0.717) is 35.8 Å². The van der Waals surface area contributed by atoms with Gasteiger partial charge in [-0.15, -0.1) is 0 Å². The molecule has 1 aromatic heterocycles. The van der Waals surface area contributed by atoms with E-state index in [1.54, 1.807) is 0 Å². The number of hydrogen-bond donors (Lipinski definition) is 2. The Kier molecular flexibility index (Phi) is 3.84. The van der Waals surface area contributed by atoms with E-state index >= 15 is 4.39 Å². The maximum atomic E-state index is 15.3. The Bertz CT molecular complexity index is 1090. The Morgan fingerprint density at radius 3 is 2.79 bits per heavy atom. The summed E-state index contributed by atoms with van der Waals surface area (Å²) < 4.78 is 17.2. The van der Waals surface area contributed by atoms with Crippen molar-refractivity contribution in [2.75, 3.05) is 18.0 Å². The maximum absolute atomic E-state index is 15.3. The lowest BCUT2D eigenvalue weighted by Crippen LogP contribution is -2.30. The van der Waals surface area contributed by atoms with Crippen molar-refractivity contribution in [3.05, 3.63) is 45.5 Å². The predicted octanol–water partition coefficient (Wildman–Crippen LogP) is 2.74. The largest absolute Gasteiger partial charge is 0.477 e. The SMILES string of the molecule is NC[C@@H]1CC2CC=Cc3c(c(F)cc4c(=O)c(C(=O)O)cn(C5CC5)c34)N2C1. The van der Waals surface area contributed by atoms with Crippen LogP contribution in [-0.2, 0) is 0 Å². The second-order valence-corrected chi connectivity index (χ2v) is 8.11. The van der Waals surface area contributed by atoms with Gasteiger partial charge in [-0.05, 0) is 44.2 Å². The van der Waals surface area contributed by atoms with Gasteiger partial charge in [-0.25, -0.2) is 9.18 Å². The summed E-state index contributed by atoms with van der Waals surface area (Å²) in [5.74, 6) is -1.43. The molecule has 5 rings (SSSR count). The average molecular weight is 383 g/mol. The highest BCUT2D eigenvalue weighted by molar-refractivity contribution is 5.98. The Labute approximate surface area is 161 Å². The molecular weight excluding hydrogens is 361 g/mol. The van der Waals surface area contributed by atoms with E-state index in [1.807, 2.05) is 16.7 Å². The number of carboxylic acid groups (broad SMARTS) is 1. The van der Waals surface area contributed by atoms with Crippen LogP contribution >= 0.6 is 0 Å². The predicted molar refractivity (Wildman–Crippen MR) is 105 cm³/mol. The number of benzene rings is 1. The van der Waals surface area contributed by atoms with Crippen LogP contribution in [0.5, 0.6) is 0 Å². The quantitative estimate of drug-likeness (QED) is 0.851. The molecule has 1 saturated carbocycles. The van der Waals surface area contributed by atoms with Crippen molar-refractivity contribution in [3.63, 3.8) is 0 Å². The molecule has 1 saturated heterocycles. The zero-order valence-corrected chi connectivity index (χ0v) is 15.4. The molecule has 0 radical (unpaired) electrons. The number of hydrogen-bond acceptors (Lipinski definition) is 4. The lowest BCUT2D eigenvalue weighted by molar-refractivity contribution is 0.0695. The van der Waals surface area contributed by atoms with E-state index in [4.69, 9.17) is 5.73 Å². The van der Waals surface area contributed by atoms with Crippen molar-refractivity contribution in [1.82, 2.24) is 4.57 Å². The van der Waals surface area contributed by atoms with Crippen LogP contribution in [0, 0.1) is 11.7 Å². The second kappa shape index (κ2) is 6.17. The monoisotopic (exact) mass is 383 g/mol. The van der Waals surface area contributed by atoms with Crippen LogP contribution in [0.25, 0.3) is 17.0 Å². The van der Waals surface area contributed by atoms with Crippen LogP contribution < -0.4 is 16.1 Å². The van der Waals surface area contributed by atoms with Gasteiger partial charge in [0.2, 0.25) is 5.43 Å². The molecule has 2 aromatic rings. The van der Waals surface area contributed by atoms with Gasteiger partial charge >= 0.3 is 5.97 Å². The summed E-state index contributed by atoms with van der Waals surface area (Å²) in [6, 6.07) is 1.57. The lowest BCUT2D eigenvalue weighted by atomic mass is 10.0. The Hall–Kier alpha value is -2.67. The minimum Gasteiger partial charge on any atom is -0.477 e. The van der Waals surface area contributed by atoms with Gasteiger partial charge < -0.3 is 20.3 Å². The highest BCUT2D eigenvalue weighted by atomic mass is 19.1. The Morgan fingerprint density at radius 2 is 2.11 bits per heavy atom. The first-order chi connectivity index (χ1) is 13.5. The summed E-state index contributed by atoms with van der Waals surface area (Å²) in [6.07, 6.45) is 8.94. The van der Waals surface area contributed by atoms with E-state index < -0.39 is 17.2 Å². The van der Waals surface area contributed by atoms with Crippen LogP contribution in [0.1, 0.15) is 47.6 Å². The third-order valence-electron chi connectivity index (χ3n) is 6.26. The summed E-state index contributed by atoms with van der Waals surface area (Å²) in [6.45, 7) is 1.26. The molecule has 1 unspecified atom stereocenters. The van der Waals surface area contributed by atoms with Gasteiger partial charge in [0, 0.05) is 30.4 Å². The maximum Gasteiger partial charge on any atom is 0.341 e. The van der Waals surface area contributed by atoms with Crippen LogP contribution in [-0.4, -0.2) is 34.8 Å². The fourth-order valence-corrected chi connectivity index (χ4v) is 4.78. The normalized spacial score (nSPS) is 23.6. The number of aromatic nitrogens is 1. The van der Waals surface area contributed by atoms with Gasteiger partial charge in [-0.1, -0.05) is 12.2 Å². The summed E-state index contributed by atoms with van der Waals surface area (Å²) >= 11 is 0. The first kappa shape index (κ1) is 17.4. The van der Waals surface area contributed by atoms with Crippen molar-refractivity contribution < 1.29 is 14.3 Å². The Morgan fingerprint density at radius 1 is 1.32 bits per heavy atom. The number of rotatable bonds is 3. The fraction of sp³-hybridized carbons (Fsp3) is 0.429. The summed E-state index contributed by atoms with van der Waals surface area (Å²) in [4.78, 5) is 26.5. The molecule has 0 bridgehead atoms. The molecule has 28 heavy (non-hydrogen) atoms. The van der Waals surface area contributed by atoms with Crippen molar-refractivity contribution in [3.8, 4) is 0 Å². The third kappa shape index (κ3) is 2.49. The molecular formula is C21H22FN3O3. The number of pyridine rings is 1. The highest BCUT2D eigenvalue weighted by Gasteiger charge is 2.36. The molecule has 6 nitrogen and oxygen atoms in total. The van der Waals surface area contributed by atoms with E-state index in [0.717, 1.165) is 25.7 Å². The summed E-state index contributed by atoms with van der Waals surface area (Å²) in [5, 5.41) is 9.58. The molecule has 1 aromatic carbocycles. The first-order valence-corrected chi connectivity index (χ1v) is 9.77. The van der Waals surface area contributed by atoms with E-state index in [2.05, 4.69) is 4.90 Å². The number of nitrogens with two attached hydrogens (primary N) is 1. The minimum absolute atomic E-state index is 0.140. The summed E-state index contributed by atoms with van der Waals surface area (Å²) in [5.41, 5.74) is 6.77. The number of nitrogens with zero attached hydrogens (tertiary/aromatic N) is 2. The van der Waals surface area contributed by atoms with Crippen LogP contribution in [0.3, 0.4) is 0 Å². The summed E-state index contributed by atoms with van der Waals surface area (Å²) in [7, 11) is 0. The molecule has 3 heterocycles.